The minimum Gasteiger partial charge on any atom is -0.444 e. The highest BCUT2D eigenvalue weighted by Gasteiger charge is 2.45. The predicted octanol–water partition coefficient (Wildman–Crippen LogP) is 3.91. The van der Waals surface area contributed by atoms with Crippen LogP contribution in [0.2, 0.25) is 0 Å². The van der Waals surface area contributed by atoms with Crippen LogP contribution in [-0.2, 0) is 4.74 Å². The molecule has 0 radical (unpaired) electrons. The number of ether oxygens (including phenoxy) is 2. The molecule has 4 rings (SSSR count). The van der Waals surface area contributed by atoms with Gasteiger partial charge in [-0.05, 0) is 62.4 Å². The number of aromatic nitrogens is 4. The first-order chi connectivity index (χ1) is 13.7. The van der Waals surface area contributed by atoms with Crippen molar-refractivity contribution < 1.29 is 14.3 Å². The van der Waals surface area contributed by atoms with Gasteiger partial charge in [0.2, 0.25) is 0 Å². The molecule has 0 aliphatic carbocycles. The summed E-state index contributed by atoms with van der Waals surface area (Å²) in [6.07, 6.45) is 8.46. The maximum Gasteiger partial charge on any atom is 0.410 e. The van der Waals surface area contributed by atoms with Gasteiger partial charge >= 0.3 is 6.09 Å². The van der Waals surface area contributed by atoms with Gasteiger partial charge in [-0.15, -0.1) is 0 Å². The van der Waals surface area contributed by atoms with E-state index in [9.17, 15) is 4.79 Å². The van der Waals surface area contributed by atoms with Crippen LogP contribution in [0.5, 0.6) is 11.6 Å². The van der Waals surface area contributed by atoms with Crippen molar-refractivity contribution in [3.05, 3.63) is 23.2 Å². The number of rotatable bonds is 3. The molecule has 2 bridgehead atoms. The highest BCUT2D eigenvalue weighted by Crippen LogP contribution is 2.41. The van der Waals surface area contributed by atoms with Crippen LogP contribution in [0.3, 0.4) is 0 Å². The summed E-state index contributed by atoms with van der Waals surface area (Å²) >= 11 is 3.26. The summed E-state index contributed by atoms with van der Waals surface area (Å²) in [6, 6.07) is 0.553. The van der Waals surface area contributed by atoms with E-state index < -0.39 is 5.60 Å². The fourth-order valence-electron chi connectivity index (χ4n) is 4.10. The number of hydrogen-bond donors (Lipinski definition) is 1. The summed E-state index contributed by atoms with van der Waals surface area (Å²) < 4.78 is 13.8. The van der Waals surface area contributed by atoms with E-state index in [1.54, 1.807) is 6.20 Å². The van der Waals surface area contributed by atoms with E-state index in [0.717, 1.165) is 25.7 Å². The average Bonchev–Trinajstić information content (AvgIpc) is 3.19. The number of anilines is 1. The Morgan fingerprint density at radius 2 is 1.90 bits per heavy atom. The van der Waals surface area contributed by atoms with Crippen LogP contribution < -0.4 is 10.5 Å². The summed E-state index contributed by atoms with van der Waals surface area (Å²) in [7, 11) is 0. The molecule has 3 atom stereocenters. The number of hydrogen-bond acceptors (Lipinski definition) is 7. The molecule has 156 valence electrons. The van der Waals surface area contributed by atoms with Crippen molar-refractivity contribution in [3.8, 4) is 11.6 Å². The molecule has 9 nitrogen and oxygen atoms in total. The van der Waals surface area contributed by atoms with Crippen molar-refractivity contribution in [2.75, 3.05) is 5.73 Å². The number of nitrogens with two attached hydrogens (primary N) is 1. The standard InChI is InChI=1S/C19H25BrN6O3/c1-19(2,3)29-18(27)26-11-4-5-12(26)7-13(6-11)25-10-14(8-23-25)28-17-16(21)22-9-15(20)24-17/h8-13H,4-7H2,1-3H3,(H2,21,22)/t11-,12+,13-. The van der Waals surface area contributed by atoms with E-state index in [1.807, 2.05) is 36.5 Å². The molecule has 2 saturated heterocycles. The van der Waals surface area contributed by atoms with Gasteiger partial charge in [0.05, 0.1) is 24.6 Å². The zero-order chi connectivity index (χ0) is 20.8. The van der Waals surface area contributed by atoms with E-state index >= 15 is 0 Å². The lowest BCUT2D eigenvalue weighted by Gasteiger charge is -2.39. The van der Waals surface area contributed by atoms with E-state index in [-0.39, 0.29) is 35.9 Å². The topological polar surface area (TPSA) is 108 Å². The smallest absolute Gasteiger partial charge is 0.410 e. The van der Waals surface area contributed by atoms with Gasteiger partial charge in [-0.3, -0.25) is 4.68 Å². The van der Waals surface area contributed by atoms with Crippen LogP contribution in [0.4, 0.5) is 10.6 Å². The SMILES string of the molecule is CC(C)(C)OC(=O)N1[C@@H]2CC[C@H]1C[C@H](n1cc(Oc3nc(Br)cnc3N)cn1)C2. The molecule has 10 heteroatoms. The second-order valence-electron chi connectivity index (χ2n) is 8.54. The lowest BCUT2D eigenvalue weighted by molar-refractivity contribution is 0.00230. The molecule has 0 spiro atoms. The van der Waals surface area contributed by atoms with Crippen LogP contribution in [0.25, 0.3) is 0 Å². The van der Waals surface area contributed by atoms with Crippen molar-refractivity contribution in [1.82, 2.24) is 24.6 Å². The van der Waals surface area contributed by atoms with E-state index in [2.05, 4.69) is 31.0 Å². The number of piperidine rings is 1. The molecule has 0 saturated carbocycles. The lowest BCUT2D eigenvalue weighted by atomic mass is 9.98. The Hall–Kier alpha value is -2.36. The predicted molar refractivity (Wildman–Crippen MR) is 110 cm³/mol. The van der Waals surface area contributed by atoms with Gasteiger partial charge in [-0.2, -0.15) is 5.10 Å². The fraction of sp³-hybridized carbons (Fsp3) is 0.579. The monoisotopic (exact) mass is 464 g/mol. The van der Waals surface area contributed by atoms with Crippen molar-refractivity contribution in [2.24, 2.45) is 0 Å². The molecule has 0 aromatic carbocycles. The minimum atomic E-state index is -0.487. The average molecular weight is 465 g/mol. The highest BCUT2D eigenvalue weighted by atomic mass is 79.9. The summed E-state index contributed by atoms with van der Waals surface area (Å²) in [5, 5.41) is 4.47. The van der Waals surface area contributed by atoms with Crippen LogP contribution in [0, 0.1) is 0 Å². The Balaban J connectivity index is 1.44. The molecule has 29 heavy (non-hydrogen) atoms. The molecular formula is C19H25BrN6O3. The maximum atomic E-state index is 12.6. The van der Waals surface area contributed by atoms with Crippen molar-refractivity contribution in [3.63, 3.8) is 0 Å². The molecule has 2 aliphatic rings. The van der Waals surface area contributed by atoms with Crippen molar-refractivity contribution in [1.29, 1.82) is 0 Å². The van der Waals surface area contributed by atoms with Crippen LogP contribution in [0.1, 0.15) is 52.5 Å². The molecule has 0 unspecified atom stereocenters. The minimum absolute atomic E-state index is 0.175. The number of halogens is 1. The van der Waals surface area contributed by atoms with Gasteiger partial charge < -0.3 is 20.1 Å². The van der Waals surface area contributed by atoms with Gasteiger partial charge in [0.15, 0.2) is 11.6 Å². The largest absolute Gasteiger partial charge is 0.444 e. The van der Waals surface area contributed by atoms with Crippen molar-refractivity contribution >= 4 is 27.8 Å². The molecule has 4 heterocycles. The Morgan fingerprint density at radius 3 is 2.55 bits per heavy atom. The van der Waals surface area contributed by atoms with Crippen molar-refractivity contribution in [2.45, 2.75) is 70.2 Å². The number of carbonyl (C=O) groups excluding carboxylic acids is 1. The third-order valence-electron chi connectivity index (χ3n) is 5.22. The van der Waals surface area contributed by atoms with Gasteiger partial charge in [0.1, 0.15) is 10.2 Å². The lowest BCUT2D eigenvalue weighted by Crippen LogP contribution is -2.48. The Bertz CT molecular complexity index is 898. The number of fused-ring (bicyclic) bond motifs is 2. The Labute approximate surface area is 177 Å². The molecule has 2 fully saturated rings. The summed E-state index contributed by atoms with van der Waals surface area (Å²) in [5.41, 5.74) is 5.34. The van der Waals surface area contributed by atoms with Gasteiger partial charge in [-0.25, -0.2) is 14.8 Å². The second-order valence-corrected chi connectivity index (χ2v) is 9.35. The molecule has 1 amide bonds. The highest BCUT2D eigenvalue weighted by molar-refractivity contribution is 9.10. The zero-order valence-electron chi connectivity index (χ0n) is 16.7. The number of carbonyl (C=O) groups is 1. The second kappa shape index (κ2) is 7.47. The summed E-state index contributed by atoms with van der Waals surface area (Å²) in [6.45, 7) is 5.69. The number of amides is 1. The first-order valence-electron chi connectivity index (χ1n) is 9.71. The first-order valence-corrected chi connectivity index (χ1v) is 10.5. The van der Waals surface area contributed by atoms with Gasteiger partial charge in [0, 0.05) is 12.1 Å². The first kappa shape index (κ1) is 19.9. The van der Waals surface area contributed by atoms with Gasteiger partial charge in [-0.1, -0.05) is 0 Å². The summed E-state index contributed by atoms with van der Waals surface area (Å²) in [5.74, 6) is 0.995. The van der Waals surface area contributed by atoms with Crippen LogP contribution in [0.15, 0.2) is 23.2 Å². The molecular weight excluding hydrogens is 440 g/mol. The zero-order valence-corrected chi connectivity index (χ0v) is 18.3. The van der Waals surface area contributed by atoms with E-state index in [4.69, 9.17) is 15.2 Å². The molecule has 2 aliphatic heterocycles. The Kier molecular flexibility index (Phi) is 5.14. The fourth-order valence-corrected chi connectivity index (χ4v) is 4.36. The van der Waals surface area contributed by atoms with E-state index in [1.165, 1.54) is 6.20 Å². The molecule has 2 aromatic rings. The number of nitrogen functional groups attached to an aromatic ring is 1. The van der Waals surface area contributed by atoms with E-state index in [0.29, 0.717) is 10.4 Å². The summed E-state index contributed by atoms with van der Waals surface area (Å²) in [4.78, 5) is 22.8. The maximum absolute atomic E-state index is 12.6. The third kappa shape index (κ3) is 4.31. The normalized spacial score (nSPS) is 23.9. The Morgan fingerprint density at radius 1 is 1.21 bits per heavy atom. The van der Waals surface area contributed by atoms with Crippen LogP contribution in [-0.4, -0.2) is 48.4 Å². The van der Waals surface area contributed by atoms with Gasteiger partial charge in [0.25, 0.3) is 5.88 Å². The third-order valence-corrected chi connectivity index (χ3v) is 5.60. The molecule has 2 N–H and O–H groups in total. The van der Waals surface area contributed by atoms with Crippen LogP contribution >= 0.6 is 15.9 Å². The number of nitrogens with zero attached hydrogens (tertiary/aromatic N) is 5. The molecule has 2 aromatic heterocycles. The quantitative estimate of drug-likeness (QED) is 0.732.